The van der Waals surface area contributed by atoms with Crippen LogP contribution in [0.5, 0.6) is 11.5 Å². The number of benzene rings is 2. The molecule has 1 heterocycles. The molecule has 0 saturated carbocycles. The Morgan fingerprint density at radius 1 is 1.30 bits per heavy atom. The fourth-order valence-corrected chi connectivity index (χ4v) is 3.00. The molecule has 0 bridgehead atoms. The molecule has 8 nitrogen and oxygen atoms in total. The topological polar surface area (TPSA) is 118 Å². The summed E-state index contributed by atoms with van der Waals surface area (Å²) < 4.78 is 16.5. The lowest BCUT2D eigenvalue weighted by molar-refractivity contribution is -0.136. The Morgan fingerprint density at radius 2 is 2.10 bits per heavy atom. The fraction of sp³-hybridized carbons (Fsp3) is 0.273. The van der Waals surface area contributed by atoms with E-state index in [1.807, 2.05) is 13.8 Å². The molecule has 0 amide bonds. The van der Waals surface area contributed by atoms with Crippen LogP contribution in [-0.2, 0) is 11.2 Å². The van der Waals surface area contributed by atoms with E-state index in [1.165, 1.54) is 7.11 Å². The summed E-state index contributed by atoms with van der Waals surface area (Å²) in [7, 11) is 1.51. The molecule has 8 heteroatoms. The quantitative estimate of drug-likeness (QED) is 0.593. The van der Waals surface area contributed by atoms with Crippen molar-refractivity contribution >= 4 is 5.97 Å². The maximum Gasteiger partial charge on any atom is 0.303 e. The molecule has 0 atom stereocenters. The van der Waals surface area contributed by atoms with Crippen molar-refractivity contribution in [3.8, 4) is 40.4 Å². The van der Waals surface area contributed by atoms with Crippen molar-refractivity contribution in [1.29, 1.82) is 5.26 Å². The standard InChI is InChI=1S/C22H21N3O5/c1-13(2)29-18-9-7-15(11-16(18)12-23)22-24-21(25-30-22)17-6-4-5-14(20(17)28-3)8-10-19(26)27/h4-7,9,11,13H,8,10H2,1-3H3,(H,26,27). The molecule has 30 heavy (non-hydrogen) atoms. The highest BCUT2D eigenvalue weighted by Crippen LogP contribution is 2.34. The van der Waals surface area contributed by atoms with Crippen LogP contribution in [0.25, 0.3) is 22.8 Å². The number of nitriles is 1. The fourth-order valence-electron chi connectivity index (χ4n) is 3.00. The van der Waals surface area contributed by atoms with E-state index < -0.39 is 5.97 Å². The van der Waals surface area contributed by atoms with Crippen molar-refractivity contribution in [2.45, 2.75) is 32.8 Å². The van der Waals surface area contributed by atoms with Gasteiger partial charge in [-0.15, -0.1) is 0 Å². The first kappa shape index (κ1) is 20.9. The first-order valence-electron chi connectivity index (χ1n) is 9.35. The first-order chi connectivity index (χ1) is 14.4. The first-order valence-corrected chi connectivity index (χ1v) is 9.35. The second kappa shape index (κ2) is 9.09. The molecule has 0 unspecified atom stereocenters. The zero-order chi connectivity index (χ0) is 21.7. The summed E-state index contributed by atoms with van der Waals surface area (Å²) in [5, 5.41) is 22.4. The number of aliphatic carboxylic acids is 1. The average molecular weight is 407 g/mol. The van der Waals surface area contributed by atoms with Gasteiger partial charge in [-0.2, -0.15) is 10.2 Å². The number of carboxylic acids is 1. The molecule has 154 valence electrons. The molecule has 3 rings (SSSR count). The number of nitrogens with zero attached hydrogens (tertiary/aromatic N) is 3. The highest BCUT2D eigenvalue weighted by molar-refractivity contribution is 5.70. The predicted molar refractivity (Wildman–Crippen MR) is 108 cm³/mol. The van der Waals surface area contributed by atoms with Crippen LogP contribution in [-0.4, -0.2) is 34.4 Å². The molecular weight excluding hydrogens is 386 g/mol. The van der Waals surface area contributed by atoms with Gasteiger partial charge in [0.1, 0.15) is 17.6 Å². The summed E-state index contributed by atoms with van der Waals surface area (Å²) in [6, 6.07) is 12.6. The van der Waals surface area contributed by atoms with Crippen LogP contribution in [0.15, 0.2) is 40.9 Å². The molecule has 0 saturated heterocycles. The number of aromatic nitrogens is 2. The minimum absolute atomic E-state index is 0.0148. The number of methoxy groups -OCH3 is 1. The number of aryl methyl sites for hydroxylation is 1. The van der Waals surface area contributed by atoms with E-state index in [-0.39, 0.29) is 18.4 Å². The molecule has 0 aliphatic rings. The Hall–Kier alpha value is -3.86. The van der Waals surface area contributed by atoms with E-state index in [1.54, 1.807) is 36.4 Å². The Balaban J connectivity index is 1.94. The summed E-state index contributed by atoms with van der Waals surface area (Å²) in [6.07, 6.45) is 0.248. The lowest BCUT2D eigenvalue weighted by Crippen LogP contribution is -2.06. The third-order valence-electron chi connectivity index (χ3n) is 4.29. The lowest BCUT2D eigenvalue weighted by atomic mass is 10.0. The van der Waals surface area contributed by atoms with Crippen molar-refractivity contribution in [3.63, 3.8) is 0 Å². The number of ether oxygens (including phenoxy) is 2. The van der Waals surface area contributed by atoms with Gasteiger partial charge in [-0.25, -0.2) is 0 Å². The third-order valence-corrected chi connectivity index (χ3v) is 4.29. The molecule has 1 N–H and O–H groups in total. The molecule has 2 aromatic carbocycles. The summed E-state index contributed by atoms with van der Waals surface area (Å²) in [4.78, 5) is 15.3. The number of rotatable bonds is 8. The highest BCUT2D eigenvalue weighted by Gasteiger charge is 2.18. The van der Waals surface area contributed by atoms with E-state index in [2.05, 4.69) is 16.2 Å². The van der Waals surface area contributed by atoms with Gasteiger partial charge in [0.25, 0.3) is 5.89 Å². The summed E-state index contributed by atoms with van der Waals surface area (Å²) >= 11 is 0. The van der Waals surface area contributed by atoms with Gasteiger partial charge in [-0.1, -0.05) is 17.3 Å². The largest absolute Gasteiger partial charge is 0.496 e. The SMILES string of the molecule is COc1c(CCC(=O)O)cccc1-c1noc(-c2ccc(OC(C)C)c(C#N)c2)n1. The Labute approximate surface area is 173 Å². The second-order valence-electron chi connectivity index (χ2n) is 6.80. The highest BCUT2D eigenvalue weighted by atomic mass is 16.5. The van der Waals surface area contributed by atoms with Crippen LogP contribution < -0.4 is 9.47 Å². The van der Waals surface area contributed by atoms with Crippen LogP contribution in [0.3, 0.4) is 0 Å². The number of hydrogen-bond acceptors (Lipinski definition) is 7. The Kier molecular flexibility index (Phi) is 6.32. The molecule has 1 aromatic heterocycles. The van der Waals surface area contributed by atoms with Gasteiger partial charge in [0.05, 0.1) is 24.3 Å². The molecule has 0 aliphatic heterocycles. The van der Waals surface area contributed by atoms with Crippen molar-refractivity contribution in [3.05, 3.63) is 47.5 Å². The van der Waals surface area contributed by atoms with Gasteiger partial charge in [0.15, 0.2) is 0 Å². The molecule has 3 aromatic rings. The van der Waals surface area contributed by atoms with Gasteiger partial charge < -0.3 is 19.1 Å². The van der Waals surface area contributed by atoms with Crippen molar-refractivity contribution in [1.82, 2.24) is 10.1 Å². The van der Waals surface area contributed by atoms with E-state index in [0.29, 0.717) is 40.4 Å². The lowest BCUT2D eigenvalue weighted by Gasteiger charge is -2.11. The van der Waals surface area contributed by atoms with Crippen molar-refractivity contribution in [2.24, 2.45) is 0 Å². The molecule has 0 radical (unpaired) electrons. The van der Waals surface area contributed by atoms with Crippen LogP contribution in [0.2, 0.25) is 0 Å². The molecule has 0 aliphatic carbocycles. The normalized spacial score (nSPS) is 10.6. The summed E-state index contributed by atoms with van der Waals surface area (Å²) in [5.74, 6) is 0.659. The number of para-hydroxylation sites is 1. The van der Waals surface area contributed by atoms with Gasteiger partial charge in [0, 0.05) is 12.0 Å². The van der Waals surface area contributed by atoms with Crippen LogP contribution in [0, 0.1) is 11.3 Å². The summed E-state index contributed by atoms with van der Waals surface area (Å²) in [5.41, 5.74) is 2.29. The monoisotopic (exact) mass is 407 g/mol. The zero-order valence-corrected chi connectivity index (χ0v) is 16.9. The van der Waals surface area contributed by atoms with Crippen molar-refractivity contribution < 1.29 is 23.9 Å². The van der Waals surface area contributed by atoms with Gasteiger partial charge in [0.2, 0.25) is 5.82 Å². The maximum absolute atomic E-state index is 10.9. The zero-order valence-electron chi connectivity index (χ0n) is 16.9. The van der Waals surface area contributed by atoms with Gasteiger partial charge in [-0.3, -0.25) is 4.79 Å². The predicted octanol–water partition coefficient (Wildman–Crippen LogP) is 4.09. The average Bonchev–Trinajstić information content (AvgIpc) is 3.21. The van der Waals surface area contributed by atoms with Crippen LogP contribution in [0.4, 0.5) is 0 Å². The Bertz CT molecular complexity index is 1100. The maximum atomic E-state index is 10.9. The van der Waals surface area contributed by atoms with Gasteiger partial charge in [-0.05, 0) is 50.1 Å². The van der Waals surface area contributed by atoms with E-state index >= 15 is 0 Å². The van der Waals surface area contributed by atoms with E-state index in [9.17, 15) is 10.1 Å². The minimum Gasteiger partial charge on any atom is -0.496 e. The number of hydrogen-bond donors (Lipinski definition) is 1. The van der Waals surface area contributed by atoms with Crippen LogP contribution in [0.1, 0.15) is 31.4 Å². The molecular formula is C22H21N3O5. The molecule has 0 spiro atoms. The number of carboxylic acid groups (broad SMARTS) is 1. The number of carbonyl (C=O) groups is 1. The van der Waals surface area contributed by atoms with Crippen LogP contribution >= 0.6 is 0 Å². The van der Waals surface area contributed by atoms with Gasteiger partial charge >= 0.3 is 5.97 Å². The smallest absolute Gasteiger partial charge is 0.303 e. The summed E-state index contributed by atoms with van der Waals surface area (Å²) in [6.45, 7) is 3.77. The molecule has 0 fully saturated rings. The second-order valence-corrected chi connectivity index (χ2v) is 6.80. The Morgan fingerprint density at radius 3 is 2.77 bits per heavy atom. The van der Waals surface area contributed by atoms with Crippen molar-refractivity contribution in [2.75, 3.05) is 7.11 Å². The van der Waals surface area contributed by atoms with E-state index in [0.717, 1.165) is 5.56 Å². The minimum atomic E-state index is -0.887. The van der Waals surface area contributed by atoms with E-state index in [4.69, 9.17) is 19.1 Å². The third kappa shape index (κ3) is 4.58.